The molecule has 11 heteroatoms. The van der Waals surface area contributed by atoms with Crippen molar-refractivity contribution in [2.24, 2.45) is 0 Å². The number of rotatable bonds is 9. The summed E-state index contributed by atoms with van der Waals surface area (Å²) in [6.07, 6.45) is 3.99. The molecule has 2 aromatic heterocycles. The standard InChI is InChI=1S/C25H23N5O5S/c1-14-7-9-18(17(11-14)22(31)16-5-3-4-6-20(16)35-2)29-24(34)30-25-27-12-15(36-25)8-10-21-26-13-19(28-21)23(32)33/h3-7,9,11-13H,8,10H2,1-2H3,(H,26,28)(H,32,33)(H2,27,29,30,34). The number of carboxylic acids is 1. The number of benzene rings is 2. The molecular weight excluding hydrogens is 482 g/mol. The summed E-state index contributed by atoms with van der Waals surface area (Å²) in [5.41, 5.74) is 2.00. The van der Waals surface area contributed by atoms with Crippen molar-refractivity contribution >= 4 is 39.9 Å². The second-order valence-electron chi connectivity index (χ2n) is 7.84. The number of ether oxygens (including phenoxy) is 1. The van der Waals surface area contributed by atoms with Gasteiger partial charge in [-0.2, -0.15) is 0 Å². The van der Waals surface area contributed by atoms with Crippen LogP contribution in [0.1, 0.15) is 42.7 Å². The fourth-order valence-corrected chi connectivity index (χ4v) is 4.31. The van der Waals surface area contributed by atoms with Gasteiger partial charge in [0.25, 0.3) is 0 Å². The topological polar surface area (TPSA) is 146 Å². The van der Waals surface area contributed by atoms with Crippen LogP contribution in [-0.4, -0.2) is 45.0 Å². The van der Waals surface area contributed by atoms with Gasteiger partial charge in [0.2, 0.25) is 0 Å². The van der Waals surface area contributed by atoms with E-state index in [2.05, 4.69) is 25.6 Å². The van der Waals surface area contributed by atoms with Gasteiger partial charge >= 0.3 is 12.0 Å². The van der Waals surface area contributed by atoms with Crippen molar-refractivity contribution in [3.8, 4) is 5.75 Å². The molecule has 0 unspecified atom stereocenters. The van der Waals surface area contributed by atoms with Crippen LogP contribution in [0.2, 0.25) is 0 Å². The third-order valence-corrected chi connectivity index (χ3v) is 6.23. The maximum Gasteiger partial charge on any atom is 0.353 e. The first-order valence-electron chi connectivity index (χ1n) is 10.9. The Bertz CT molecular complexity index is 1430. The maximum absolute atomic E-state index is 13.3. The number of carbonyl (C=O) groups is 3. The zero-order chi connectivity index (χ0) is 25.7. The molecule has 2 amide bonds. The van der Waals surface area contributed by atoms with Gasteiger partial charge in [-0.25, -0.2) is 19.6 Å². The van der Waals surface area contributed by atoms with E-state index in [4.69, 9.17) is 9.84 Å². The molecule has 4 N–H and O–H groups in total. The molecule has 184 valence electrons. The van der Waals surface area contributed by atoms with Gasteiger partial charge < -0.3 is 20.1 Å². The minimum Gasteiger partial charge on any atom is -0.496 e. The Balaban J connectivity index is 1.42. The summed E-state index contributed by atoms with van der Waals surface area (Å²) >= 11 is 1.29. The normalized spacial score (nSPS) is 10.6. The molecule has 4 rings (SSSR count). The summed E-state index contributed by atoms with van der Waals surface area (Å²) in [4.78, 5) is 48.8. The van der Waals surface area contributed by atoms with Crippen molar-refractivity contribution in [1.82, 2.24) is 15.0 Å². The monoisotopic (exact) mass is 505 g/mol. The zero-order valence-electron chi connectivity index (χ0n) is 19.5. The van der Waals surface area contributed by atoms with Gasteiger partial charge in [-0.05, 0) is 37.6 Å². The quantitative estimate of drug-likeness (QED) is 0.244. The number of urea groups is 1. The predicted molar refractivity (Wildman–Crippen MR) is 135 cm³/mol. The summed E-state index contributed by atoms with van der Waals surface area (Å²) in [6, 6.07) is 11.6. The average molecular weight is 506 g/mol. The van der Waals surface area contributed by atoms with Gasteiger partial charge in [0.1, 0.15) is 17.3 Å². The van der Waals surface area contributed by atoms with Crippen molar-refractivity contribution in [2.75, 3.05) is 17.7 Å². The molecule has 0 aliphatic carbocycles. The number of methoxy groups -OCH3 is 1. The van der Waals surface area contributed by atoms with E-state index < -0.39 is 12.0 Å². The Morgan fingerprint density at radius 3 is 2.58 bits per heavy atom. The number of thiazole rings is 1. The van der Waals surface area contributed by atoms with Crippen molar-refractivity contribution < 1.29 is 24.2 Å². The van der Waals surface area contributed by atoms with Crippen LogP contribution in [0.4, 0.5) is 15.6 Å². The minimum atomic E-state index is -1.06. The molecular formula is C25H23N5O5S. The molecule has 0 bridgehead atoms. The number of nitrogens with one attached hydrogen (secondary N) is 3. The smallest absolute Gasteiger partial charge is 0.353 e. The highest BCUT2D eigenvalue weighted by molar-refractivity contribution is 7.15. The summed E-state index contributed by atoms with van der Waals surface area (Å²) in [7, 11) is 1.50. The second-order valence-corrected chi connectivity index (χ2v) is 8.95. The second kappa shape index (κ2) is 10.8. The number of aromatic nitrogens is 3. The van der Waals surface area contributed by atoms with E-state index in [9.17, 15) is 14.4 Å². The molecule has 0 fully saturated rings. The van der Waals surface area contributed by atoms with E-state index in [0.29, 0.717) is 46.4 Å². The van der Waals surface area contributed by atoms with Crippen molar-refractivity contribution in [3.63, 3.8) is 0 Å². The highest BCUT2D eigenvalue weighted by Gasteiger charge is 2.19. The number of carbonyl (C=O) groups excluding carboxylic acids is 2. The van der Waals surface area contributed by atoms with Crippen LogP contribution in [0.5, 0.6) is 5.75 Å². The molecule has 0 radical (unpaired) electrons. The molecule has 10 nitrogen and oxygen atoms in total. The lowest BCUT2D eigenvalue weighted by molar-refractivity contribution is 0.0690. The number of para-hydroxylation sites is 1. The molecule has 36 heavy (non-hydrogen) atoms. The van der Waals surface area contributed by atoms with E-state index in [-0.39, 0.29) is 11.5 Å². The van der Waals surface area contributed by atoms with Crippen LogP contribution in [0, 0.1) is 6.92 Å². The van der Waals surface area contributed by atoms with Crippen molar-refractivity contribution in [2.45, 2.75) is 19.8 Å². The summed E-state index contributed by atoms with van der Waals surface area (Å²) in [6.45, 7) is 1.87. The zero-order valence-corrected chi connectivity index (χ0v) is 20.3. The molecule has 4 aromatic rings. The number of hydrogen-bond donors (Lipinski definition) is 4. The lowest BCUT2D eigenvalue weighted by Crippen LogP contribution is -2.21. The SMILES string of the molecule is COc1ccccc1C(=O)c1cc(C)ccc1NC(=O)Nc1ncc(CCc2ncc(C(=O)O)[nH]2)s1. The molecule has 0 saturated carbocycles. The number of amides is 2. The van der Waals surface area contributed by atoms with E-state index >= 15 is 0 Å². The van der Waals surface area contributed by atoms with Gasteiger partial charge in [-0.15, -0.1) is 11.3 Å². The number of imidazole rings is 1. The van der Waals surface area contributed by atoms with Gasteiger partial charge in [0, 0.05) is 23.1 Å². The van der Waals surface area contributed by atoms with Gasteiger partial charge in [-0.3, -0.25) is 10.1 Å². The summed E-state index contributed by atoms with van der Waals surface area (Å²) in [5, 5.41) is 14.8. The lowest BCUT2D eigenvalue weighted by atomic mass is 9.99. The number of anilines is 2. The van der Waals surface area contributed by atoms with Crippen molar-refractivity contribution in [3.05, 3.63) is 87.9 Å². The Morgan fingerprint density at radius 1 is 1.03 bits per heavy atom. The number of aryl methyl sites for hydroxylation is 3. The van der Waals surface area contributed by atoms with Crippen LogP contribution in [-0.2, 0) is 12.8 Å². The van der Waals surface area contributed by atoms with Crippen LogP contribution < -0.4 is 15.4 Å². The number of ketones is 1. The van der Waals surface area contributed by atoms with Crippen LogP contribution in [0.15, 0.2) is 54.9 Å². The number of aromatic carboxylic acids is 1. The molecule has 2 aromatic carbocycles. The number of hydrogen-bond acceptors (Lipinski definition) is 7. The van der Waals surface area contributed by atoms with Crippen LogP contribution in [0.25, 0.3) is 0 Å². The van der Waals surface area contributed by atoms with E-state index in [0.717, 1.165) is 10.4 Å². The van der Waals surface area contributed by atoms with Crippen LogP contribution in [0.3, 0.4) is 0 Å². The number of carboxylic acid groups (broad SMARTS) is 1. The Hall–Kier alpha value is -4.51. The van der Waals surface area contributed by atoms with E-state index in [1.54, 1.807) is 48.7 Å². The third-order valence-electron chi connectivity index (χ3n) is 5.26. The molecule has 0 atom stereocenters. The Labute approximate surface area is 210 Å². The number of nitrogens with zero attached hydrogens (tertiary/aromatic N) is 2. The number of H-pyrrole nitrogens is 1. The van der Waals surface area contributed by atoms with Gasteiger partial charge in [0.05, 0.1) is 24.6 Å². The first-order valence-corrected chi connectivity index (χ1v) is 11.7. The molecule has 0 aliphatic heterocycles. The minimum absolute atomic E-state index is 0.0352. The van der Waals surface area contributed by atoms with Gasteiger partial charge in [-0.1, -0.05) is 23.8 Å². The van der Waals surface area contributed by atoms with Crippen molar-refractivity contribution in [1.29, 1.82) is 0 Å². The fourth-order valence-electron chi connectivity index (χ4n) is 3.50. The Kier molecular flexibility index (Phi) is 7.40. The summed E-state index contributed by atoms with van der Waals surface area (Å²) < 4.78 is 5.32. The van der Waals surface area contributed by atoms with Crippen LogP contribution >= 0.6 is 11.3 Å². The first-order chi connectivity index (χ1) is 17.3. The van der Waals surface area contributed by atoms with Gasteiger partial charge in [0.15, 0.2) is 10.9 Å². The highest BCUT2D eigenvalue weighted by atomic mass is 32.1. The van der Waals surface area contributed by atoms with E-state index in [1.807, 2.05) is 6.92 Å². The molecule has 0 saturated heterocycles. The largest absolute Gasteiger partial charge is 0.496 e. The molecule has 0 spiro atoms. The Morgan fingerprint density at radius 2 is 1.83 bits per heavy atom. The molecule has 0 aliphatic rings. The predicted octanol–water partition coefficient (Wildman–Crippen LogP) is 4.54. The summed E-state index contributed by atoms with van der Waals surface area (Å²) in [5.74, 6) is -0.333. The molecule has 2 heterocycles. The average Bonchev–Trinajstić information content (AvgIpc) is 3.53. The number of aromatic amines is 1. The first kappa shape index (κ1) is 24.6. The lowest BCUT2D eigenvalue weighted by Gasteiger charge is -2.13. The third kappa shape index (κ3) is 5.76. The highest BCUT2D eigenvalue weighted by Crippen LogP contribution is 2.27. The fraction of sp³-hybridized carbons (Fsp3) is 0.160. The maximum atomic E-state index is 13.3. The van der Waals surface area contributed by atoms with E-state index in [1.165, 1.54) is 24.6 Å².